The van der Waals surface area contributed by atoms with Gasteiger partial charge in [0.2, 0.25) is 27.7 Å². The molecule has 3 aliphatic rings. The molecule has 2 aromatic carbocycles. The first kappa shape index (κ1) is 44.5. The zero-order valence-corrected chi connectivity index (χ0v) is 35.7. The molecule has 2 heterocycles. The normalized spacial score (nSPS) is 21.4. The van der Waals surface area contributed by atoms with Crippen molar-refractivity contribution in [2.75, 3.05) is 26.7 Å². The molecule has 324 valence electrons. The highest BCUT2D eigenvalue weighted by Crippen LogP contribution is 2.46. The lowest BCUT2D eigenvalue weighted by molar-refractivity contribution is -0.159. The topological polar surface area (TPSA) is 191 Å². The third-order valence-corrected chi connectivity index (χ3v) is 12.7. The second kappa shape index (κ2) is 17.9. The summed E-state index contributed by atoms with van der Waals surface area (Å²) in [6.45, 7) is 15.8. The average molecular weight is 856 g/mol. The number of aromatic nitrogens is 1. The number of sulfonamides is 1. The minimum Gasteiger partial charge on any atom is -0.497 e. The molecule has 6 rings (SSSR count). The van der Waals surface area contributed by atoms with Gasteiger partial charge in [0.15, 0.2) is 0 Å². The maximum Gasteiger partial charge on any atom is 0.307 e. The van der Waals surface area contributed by atoms with Crippen molar-refractivity contribution in [1.29, 1.82) is 0 Å². The van der Waals surface area contributed by atoms with Gasteiger partial charge >= 0.3 is 5.97 Å². The molecule has 3 fully saturated rings. The summed E-state index contributed by atoms with van der Waals surface area (Å²) in [6, 6.07) is 15.3. The number of ether oxygens (including phenoxy) is 3. The van der Waals surface area contributed by atoms with Crippen LogP contribution in [0.4, 0.5) is 0 Å². The van der Waals surface area contributed by atoms with Crippen LogP contribution in [-0.4, -0.2) is 108 Å². The largest absolute Gasteiger partial charge is 0.497 e. The molecule has 1 aromatic heterocycles. The Kier molecular flexibility index (Phi) is 13.1. The highest BCUT2D eigenvalue weighted by atomic mass is 32.2. The van der Waals surface area contributed by atoms with E-state index in [2.05, 4.69) is 29.8 Å². The smallest absolute Gasteiger partial charge is 0.307 e. The molecule has 4 amide bonds. The van der Waals surface area contributed by atoms with Gasteiger partial charge in [-0.1, -0.05) is 49.1 Å². The average Bonchev–Trinajstić information content (AvgIpc) is 4.15. The van der Waals surface area contributed by atoms with Crippen molar-refractivity contribution in [1.82, 2.24) is 24.8 Å². The van der Waals surface area contributed by atoms with Crippen molar-refractivity contribution >= 4 is 50.5 Å². The van der Waals surface area contributed by atoms with E-state index in [-0.39, 0.29) is 32.5 Å². The molecule has 1 saturated heterocycles. The molecule has 5 atom stereocenters. The molecular weight excluding hydrogens is 803 g/mol. The number of esters is 1. The van der Waals surface area contributed by atoms with Crippen LogP contribution in [0.1, 0.15) is 52.9 Å². The second-order valence-corrected chi connectivity index (χ2v) is 18.6. The summed E-state index contributed by atoms with van der Waals surface area (Å²) in [5, 5.41) is 2.74. The highest BCUT2D eigenvalue weighted by molar-refractivity contribution is 7.91. The number of nitrogens with one attached hydrogen (secondary N) is 2. The van der Waals surface area contributed by atoms with Gasteiger partial charge in [0.25, 0.3) is 5.91 Å². The van der Waals surface area contributed by atoms with E-state index >= 15 is 0 Å². The number of hydrogen-bond donors (Lipinski definition) is 2. The molecule has 0 unspecified atom stereocenters. The van der Waals surface area contributed by atoms with E-state index < -0.39 is 86.4 Å². The summed E-state index contributed by atoms with van der Waals surface area (Å²) in [5.41, 5.74) is -0.537. The lowest BCUT2D eigenvalue weighted by Crippen LogP contribution is -2.57. The molecular formula is C45H53N5O10S. The van der Waals surface area contributed by atoms with Crippen molar-refractivity contribution in [3.8, 4) is 22.8 Å². The van der Waals surface area contributed by atoms with E-state index in [1.807, 2.05) is 30.3 Å². The number of methoxy groups -OCH3 is 1. The van der Waals surface area contributed by atoms with Crippen LogP contribution in [0.15, 0.2) is 92.6 Å². The monoisotopic (exact) mass is 855 g/mol. The molecule has 15 nitrogen and oxygen atoms in total. The first-order valence-corrected chi connectivity index (χ1v) is 21.7. The summed E-state index contributed by atoms with van der Waals surface area (Å²) in [4.78, 5) is 77.0. The van der Waals surface area contributed by atoms with Crippen molar-refractivity contribution in [3.05, 3.63) is 92.6 Å². The maximum absolute atomic E-state index is 14.9. The van der Waals surface area contributed by atoms with Crippen molar-refractivity contribution in [2.45, 2.75) is 81.4 Å². The Balaban J connectivity index is 1.37. The summed E-state index contributed by atoms with van der Waals surface area (Å²) in [5.74, 6) is -4.28. The zero-order valence-electron chi connectivity index (χ0n) is 34.9. The summed E-state index contributed by atoms with van der Waals surface area (Å²) < 4.78 is 45.6. The Labute approximate surface area is 356 Å². The van der Waals surface area contributed by atoms with E-state index in [9.17, 15) is 32.4 Å². The Bertz CT molecular complexity index is 2340. The highest BCUT2D eigenvalue weighted by Gasteiger charge is 2.62. The van der Waals surface area contributed by atoms with Crippen LogP contribution in [0.5, 0.6) is 11.5 Å². The van der Waals surface area contributed by atoms with Crippen molar-refractivity contribution in [2.24, 2.45) is 11.8 Å². The molecule has 0 radical (unpaired) electrons. The molecule has 3 aromatic rings. The fraction of sp³-hybridized carbons (Fsp3) is 0.422. The molecule has 1 aliphatic heterocycles. The van der Waals surface area contributed by atoms with Crippen molar-refractivity contribution in [3.63, 3.8) is 0 Å². The van der Waals surface area contributed by atoms with Gasteiger partial charge in [-0.3, -0.25) is 28.7 Å². The third-order valence-electron chi connectivity index (χ3n) is 10.9. The fourth-order valence-corrected chi connectivity index (χ4v) is 8.95. The third kappa shape index (κ3) is 10.3. The number of pyridine rings is 1. The van der Waals surface area contributed by atoms with Gasteiger partial charge in [0, 0.05) is 48.5 Å². The van der Waals surface area contributed by atoms with E-state index in [0.29, 0.717) is 40.9 Å². The van der Waals surface area contributed by atoms with Crippen LogP contribution in [0.2, 0.25) is 0 Å². The van der Waals surface area contributed by atoms with Crippen LogP contribution >= 0.6 is 0 Å². The number of amides is 4. The predicted molar refractivity (Wildman–Crippen MR) is 228 cm³/mol. The molecule has 2 aliphatic carbocycles. The van der Waals surface area contributed by atoms with Gasteiger partial charge < -0.3 is 29.3 Å². The standard InChI is InChI=1S/C45H53N5O10S/c1-8-20-49(39(51)10-3)26-29(21-40(52)60-44(4,5)6)42(54)50-27-32(23-37(50)41(53)47-45(25-30(45)9-2)43(55)48-61(56,57)33-17-18-33)59-38-24-35(28-14-12-11-13-15-28)46-36-22-31(58-7)16-19-34(36)38/h8-16,19,22,24,29-30,32-33,37H,1-3,17-18,20-21,23,25-27H2,4-7H3,(H,47,53)(H,48,55)/t29-,30+,32+,37-,45+/m0/s1. The Morgan fingerprint density at radius 3 is 2.38 bits per heavy atom. The first-order valence-electron chi connectivity index (χ1n) is 20.2. The number of carbonyl (C=O) groups excluding carboxylic acids is 5. The molecule has 0 spiro atoms. The molecule has 16 heteroatoms. The molecule has 0 bridgehead atoms. The number of nitrogens with zero attached hydrogens (tertiary/aromatic N) is 3. The van der Waals surface area contributed by atoms with E-state index in [1.165, 1.54) is 22.0 Å². The number of carbonyl (C=O) groups is 5. The van der Waals surface area contributed by atoms with Gasteiger partial charge in [-0.25, -0.2) is 13.4 Å². The van der Waals surface area contributed by atoms with Gasteiger partial charge in [-0.05, 0) is 58.2 Å². The summed E-state index contributed by atoms with van der Waals surface area (Å²) >= 11 is 0. The number of hydrogen-bond acceptors (Lipinski definition) is 11. The second-order valence-electron chi connectivity index (χ2n) is 16.6. The Hall–Kier alpha value is -6.03. The fourth-order valence-electron chi connectivity index (χ4n) is 7.59. The quantitative estimate of drug-likeness (QED) is 0.104. The van der Waals surface area contributed by atoms with Crippen LogP contribution in [0, 0.1) is 11.8 Å². The number of likely N-dealkylation sites (tertiary alicyclic amines) is 1. The van der Waals surface area contributed by atoms with Crippen LogP contribution in [-0.2, 0) is 38.7 Å². The SMILES string of the molecule is C=CCN(C[C@H](CC(=O)OC(C)(C)C)C(=O)N1C[C@H](Oc2cc(-c3ccccc3)nc3cc(OC)ccc23)C[C@H]1C(=O)N[C@]1(C(=O)NS(=O)(=O)C2CC2)C[C@H]1C=C)C(=O)C=C. The van der Waals surface area contributed by atoms with Crippen LogP contribution in [0.3, 0.4) is 0 Å². The van der Waals surface area contributed by atoms with E-state index in [0.717, 1.165) is 11.6 Å². The lowest BCUT2D eigenvalue weighted by Gasteiger charge is -2.32. The van der Waals surface area contributed by atoms with Gasteiger partial charge in [-0.2, -0.15) is 0 Å². The van der Waals surface area contributed by atoms with E-state index in [1.54, 1.807) is 52.1 Å². The maximum atomic E-state index is 14.9. The Morgan fingerprint density at radius 1 is 1.05 bits per heavy atom. The lowest BCUT2D eigenvalue weighted by atomic mass is 10.0. The number of rotatable bonds is 18. The van der Waals surface area contributed by atoms with E-state index in [4.69, 9.17) is 19.2 Å². The molecule has 2 saturated carbocycles. The minimum atomic E-state index is -3.96. The predicted octanol–water partition coefficient (Wildman–Crippen LogP) is 4.48. The minimum absolute atomic E-state index is 0.0343. The summed E-state index contributed by atoms with van der Waals surface area (Å²) in [7, 11) is -2.41. The van der Waals surface area contributed by atoms with Crippen molar-refractivity contribution < 1.29 is 46.6 Å². The first-order chi connectivity index (χ1) is 28.9. The van der Waals surface area contributed by atoms with Crippen LogP contribution in [0.25, 0.3) is 22.2 Å². The van der Waals surface area contributed by atoms with Gasteiger partial charge in [0.1, 0.15) is 34.8 Å². The Morgan fingerprint density at radius 2 is 1.77 bits per heavy atom. The van der Waals surface area contributed by atoms with Gasteiger partial charge in [0.05, 0.1) is 42.5 Å². The zero-order chi connectivity index (χ0) is 44.3. The van der Waals surface area contributed by atoms with Crippen LogP contribution < -0.4 is 19.5 Å². The van der Waals surface area contributed by atoms with Gasteiger partial charge in [-0.15, -0.1) is 13.2 Å². The number of benzene rings is 2. The molecule has 61 heavy (non-hydrogen) atoms. The number of fused-ring (bicyclic) bond motifs is 1. The molecule has 2 N–H and O–H groups in total. The summed E-state index contributed by atoms with van der Waals surface area (Å²) in [6.07, 6.45) is 3.67.